The maximum absolute atomic E-state index is 13.2. The van der Waals surface area contributed by atoms with Crippen LogP contribution >= 0.6 is 0 Å². The number of ketones is 1. The highest BCUT2D eigenvalue weighted by molar-refractivity contribution is 6.07. The van der Waals surface area contributed by atoms with E-state index in [4.69, 9.17) is 0 Å². The average Bonchev–Trinajstić information content (AvgIpc) is 2.92. The van der Waals surface area contributed by atoms with Gasteiger partial charge in [0.15, 0.2) is 5.78 Å². The van der Waals surface area contributed by atoms with E-state index in [1.807, 2.05) is 83.5 Å². The molecule has 0 saturated carbocycles. The first-order valence-corrected chi connectivity index (χ1v) is 12.7. The molecule has 2 fully saturated rings. The van der Waals surface area contributed by atoms with Gasteiger partial charge in [-0.2, -0.15) is 0 Å². The number of nitrogens with zero attached hydrogens (tertiary/aromatic N) is 2. The Kier molecular flexibility index (Phi) is 6.67. The summed E-state index contributed by atoms with van der Waals surface area (Å²) in [4.78, 5) is 43.1. The van der Waals surface area contributed by atoms with Crippen molar-refractivity contribution in [2.24, 2.45) is 11.8 Å². The molecule has 0 spiro atoms. The molecule has 2 heterocycles. The largest absolute Gasteiger partial charge is 0.342 e. The number of likely N-dealkylation sites (tertiary alicyclic amines) is 2. The van der Waals surface area contributed by atoms with Gasteiger partial charge in [0, 0.05) is 49.1 Å². The first kappa shape index (κ1) is 23.3. The third kappa shape index (κ3) is 4.86. The van der Waals surface area contributed by atoms with E-state index in [0.29, 0.717) is 39.0 Å². The number of fused-ring (bicyclic) bond motifs is 1. The number of hydrogen-bond donors (Lipinski definition) is 0. The van der Waals surface area contributed by atoms with Gasteiger partial charge in [-0.1, -0.05) is 66.2 Å². The first-order valence-electron chi connectivity index (χ1n) is 12.7. The Morgan fingerprint density at radius 1 is 0.686 bits per heavy atom. The normalized spacial score (nSPS) is 17.5. The second-order valence-corrected chi connectivity index (χ2v) is 9.92. The van der Waals surface area contributed by atoms with E-state index >= 15 is 0 Å². The maximum atomic E-state index is 13.2. The van der Waals surface area contributed by atoms with Gasteiger partial charge in [-0.3, -0.25) is 14.4 Å². The minimum absolute atomic E-state index is 0.0121. The molecule has 0 bridgehead atoms. The Labute approximate surface area is 206 Å². The Balaban J connectivity index is 1.14. The summed E-state index contributed by atoms with van der Waals surface area (Å²) < 4.78 is 0. The van der Waals surface area contributed by atoms with Crippen LogP contribution in [0, 0.1) is 18.8 Å². The minimum atomic E-state index is -0.0454. The molecule has 35 heavy (non-hydrogen) atoms. The summed E-state index contributed by atoms with van der Waals surface area (Å²) in [5.74, 6) is 0.363. The van der Waals surface area contributed by atoms with E-state index in [-0.39, 0.29) is 29.4 Å². The van der Waals surface area contributed by atoms with Gasteiger partial charge in [0.2, 0.25) is 5.91 Å². The van der Waals surface area contributed by atoms with Gasteiger partial charge >= 0.3 is 0 Å². The van der Waals surface area contributed by atoms with Crippen LogP contribution < -0.4 is 0 Å². The molecular weight excluding hydrogens is 436 g/mol. The zero-order chi connectivity index (χ0) is 24.4. The number of amides is 2. The fourth-order valence-electron chi connectivity index (χ4n) is 5.49. The first-order chi connectivity index (χ1) is 17.0. The van der Waals surface area contributed by atoms with Crippen molar-refractivity contribution in [2.45, 2.75) is 32.6 Å². The topological polar surface area (TPSA) is 57.7 Å². The smallest absolute Gasteiger partial charge is 0.254 e. The Morgan fingerprint density at radius 3 is 2.00 bits per heavy atom. The molecule has 0 unspecified atom stereocenters. The lowest BCUT2D eigenvalue weighted by Crippen LogP contribution is -2.47. The SMILES string of the molecule is Cc1ccc(C(=O)C2CCN(C(=O)C3CCN(C(=O)c4cccc5ccccc45)CC3)CC2)cc1. The third-order valence-electron chi connectivity index (χ3n) is 7.66. The van der Waals surface area contributed by atoms with E-state index in [9.17, 15) is 14.4 Å². The average molecular weight is 469 g/mol. The summed E-state index contributed by atoms with van der Waals surface area (Å²) >= 11 is 0. The van der Waals surface area contributed by atoms with Crippen molar-refractivity contribution in [2.75, 3.05) is 26.2 Å². The molecule has 2 amide bonds. The van der Waals surface area contributed by atoms with Crippen molar-refractivity contribution in [1.82, 2.24) is 9.80 Å². The molecule has 0 aliphatic carbocycles. The molecule has 2 aliphatic heterocycles. The van der Waals surface area contributed by atoms with Crippen LogP contribution in [0.25, 0.3) is 10.8 Å². The predicted octanol–water partition coefficient (Wildman–Crippen LogP) is 5.12. The van der Waals surface area contributed by atoms with Crippen LogP contribution in [-0.2, 0) is 4.79 Å². The van der Waals surface area contributed by atoms with Crippen molar-refractivity contribution >= 4 is 28.4 Å². The standard InChI is InChI=1S/C30H32N2O3/c1-21-9-11-23(12-10-21)28(33)24-13-17-31(18-14-24)29(34)25-15-19-32(20-16-25)30(35)27-8-4-6-22-5-2-3-7-26(22)27/h2-12,24-25H,13-20H2,1H3. The zero-order valence-electron chi connectivity index (χ0n) is 20.3. The van der Waals surface area contributed by atoms with E-state index in [0.717, 1.165) is 40.3 Å². The van der Waals surface area contributed by atoms with Crippen LogP contribution in [0.1, 0.15) is 52.0 Å². The number of rotatable bonds is 4. The number of carbonyl (C=O) groups excluding carboxylic acids is 3. The number of Topliss-reactive ketones (excluding diaryl/α,β-unsaturated/α-hetero) is 1. The fourth-order valence-corrected chi connectivity index (χ4v) is 5.49. The minimum Gasteiger partial charge on any atom is -0.342 e. The van der Waals surface area contributed by atoms with E-state index in [1.165, 1.54) is 0 Å². The molecule has 0 N–H and O–H groups in total. The van der Waals surface area contributed by atoms with Gasteiger partial charge in [0.25, 0.3) is 5.91 Å². The third-order valence-corrected chi connectivity index (χ3v) is 7.66. The van der Waals surface area contributed by atoms with E-state index < -0.39 is 0 Å². The molecule has 0 radical (unpaired) electrons. The zero-order valence-corrected chi connectivity index (χ0v) is 20.3. The molecule has 3 aromatic carbocycles. The monoisotopic (exact) mass is 468 g/mol. The summed E-state index contributed by atoms with van der Waals surface area (Å²) in [6.07, 6.45) is 2.82. The lowest BCUT2D eigenvalue weighted by molar-refractivity contribution is -0.138. The lowest BCUT2D eigenvalue weighted by atomic mass is 9.87. The van der Waals surface area contributed by atoms with Crippen LogP contribution in [0.4, 0.5) is 0 Å². The molecule has 0 atom stereocenters. The number of hydrogen-bond acceptors (Lipinski definition) is 3. The Hall–Kier alpha value is -3.47. The van der Waals surface area contributed by atoms with Crippen molar-refractivity contribution in [1.29, 1.82) is 0 Å². The highest BCUT2D eigenvalue weighted by Crippen LogP contribution is 2.27. The second kappa shape index (κ2) is 10.0. The fraction of sp³-hybridized carbons (Fsp3) is 0.367. The van der Waals surface area contributed by atoms with Crippen LogP contribution in [0.3, 0.4) is 0 Å². The van der Waals surface area contributed by atoms with Gasteiger partial charge in [-0.05, 0) is 49.4 Å². The van der Waals surface area contributed by atoms with Crippen LogP contribution in [-0.4, -0.2) is 53.6 Å². The molecule has 0 aromatic heterocycles. The second-order valence-electron chi connectivity index (χ2n) is 9.92. The van der Waals surface area contributed by atoms with Crippen molar-refractivity contribution in [3.05, 3.63) is 83.4 Å². The predicted molar refractivity (Wildman–Crippen MR) is 137 cm³/mol. The summed E-state index contributed by atoms with van der Waals surface area (Å²) in [5.41, 5.74) is 2.64. The quantitative estimate of drug-likeness (QED) is 0.499. The Bertz CT molecular complexity index is 1230. The number of benzene rings is 3. The van der Waals surface area contributed by atoms with Crippen LogP contribution in [0.5, 0.6) is 0 Å². The molecule has 2 saturated heterocycles. The molecule has 5 heteroatoms. The lowest BCUT2D eigenvalue weighted by Gasteiger charge is -2.37. The van der Waals surface area contributed by atoms with Crippen molar-refractivity contribution < 1.29 is 14.4 Å². The van der Waals surface area contributed by atoms with Gasteiger partial charge in [-0.15, -0.1) is 0 Å². The van der Waals surface area contributed by atoms with Gasteiger partial charge in [-0.25, -0.2) is 0 Å². The van der Waals surface area contributed by atoms with Crippen LogP contribution in [0.2, 0.25) is 0 Å². The maximum Gasteiger partial charge on any atom is 0.254 e. The molecule has 180 valence electrons. The molecule has 5 rings (SSSR count). The van der Waals surface area contributed by atoms with Gasteiger partial charge < -0.3 is 9.80 Å². The Morgan fingerprint density at radius 2 is 1.29 bits per heavy atom. The summed E-state index contributed by atoms with van der Waals surface area (Å²) in [6, 6.07) is 21.6. The highest BCUT2D eigenvalue weighted by atomic mass is 16.2. The number of aryl methyl sites for hydroxylation is 1. The van der Waals surface area contributed by atoms with Crippen LogP contribution in [0.15, 0.2) is 66.7 Å². The van der Waals surface area contributed by atoms with Gasteiger partial charge in [0.1, 0.15) is 0 Å². The summed E-state index contributed by atoms with van der Waals surface area (Å²) in [7, 11) is 0. The van der Waals surface area contributed by atoms with E-state index in [1.54, 1.807) is 0 Å². The number of carbonyl (C=O) groups is 3. The molecular formula is C30H32N2O3. The van der Waals surface area contributed by atoms with E-state index in [2.05, 4.69) is 0 Å². The molecule has 3 aromatic rings. The molecule has 5 nitrogen and oxygen atoms in total. The van der Waals surface area contributed by atoms with Gasteiger partial charge in [0.05, 0.1) is 0 Å². The van der Waals surface area contributed by atoms with Crippen molar-refractivity contribution in [3.8, 4) is 0 Å². The number of piperidine rings is 2. The highest BCUT2D eigenvalue weighted by Gasteiger charge is 2.34. The van der Waals surface area contributed by atoms with Crippen molar-refractivity contribution in [3.63, 3.8) is 0 Å². The molecule has 2 aliphatic rings. The summed E-state index contributed by atoms with van der Waals surface area (Å²) in [6.45, 7) is 4.48. The summed E-state index contributed by atoms with van der Waals surface area (Å²) in [5, 5.41) is 2.04.